The molecule has 0 radical (unpaired) electrons. The highest BCUT2D eigenvalue weighted by molar-refractivity contribution is 9.10. The van der Waals surface area contributed by atoms with Crippen LogP contribution in [0.1, 0.15) is 12.5 Å². The van der Waals surface area contributed by atoms with Gasteiger partial charge in [-0.25, -0.2) is 0 Å². The van der Waals surface area contributed by atoms with Gasteiger partial charge in [-0.15, -0.1) is 0 Å². The molecule has 0 aliphatic carbocycles. The molecule has 0 N–H and O–H groups in total. The van der Waals surface area contributed by atoms with Crippen LogP contribution in [0.3, 0.4) is 0 Å². The molecule has 4 heteroatoms. The first-order chi connectivity index (χ1) is 6.16. The van der Waals surface area contributed by atoms with Gasteiger partial charge in [0.25, 0.3) is 0 Å². The van der Waals surface area contributed by atoms with Crippen LogP contribution < -0.4 is 4.74 Å². The van der Waals surface area contributed by atoms with Crippen LogP contribution in [0.15, 0.2) is 16.6 Å². The fourth-order valence-corrected chi connectivity index (χ4v) is 2.23. The quantitative estimate of drug-likeness (QED) is 0.714. The Balaban J connectivity index is 2.47. The predicted molar refractivity (Wildman–Crippen MR) is 54.0 cm³/mol. The van der Waals surface area contributed by atoms with Crippen LogP contribution in [0.25, 0.3) is 0 Å². The summed E-state index contributed by atoms with van der Waals surface area (Å²) in [5.74, 6) is 0.836. The van der Waals surface area contributed by atoms with Gasteiger partial charge in [0.15, 0.2) is 6.29 Å². The van der Waals surface area contributed by atoms with E-state index in [1.807, 2.05) is 19.1 Å². The lowest BCUT2D eigenvalue weighted by Gasteiger charge is -2.24. The summed E-state index contributed by atoms with van der Waals surface area (Å²) in [5.41, 5.74) is 0.984. The zero-order valence-electron chi connectivity index (χ0n) is 7.01. The summed E-state index contributed by atoms with van der Waals surface area (Å²) >= 11 is 9.27. The summed E-state index contributed by atoms with van der Waals surface area (Å²) in [5, 5.41) is 0.687. The highest BCUT2D eigenvalue weighted by atomic mass is 79.9. The van der Waals surface area contributed by atoms with Crippen LogP contribution in [-0.4, -0.2) is 6.29 Å². The molecule has 1 aromatic rings. The minimum Gasteiger partial charge on any atom is -0.464 e. The molecule has 0 aromatic heterocycles. The van der Waals surface area contributed by atoms with Gasteiger partial charge >= 0.3 is 0 Å². The third kappa shape index (κ3) is 1.82. The second-order valence-corrected chi connectivity index (χ2v) is 4.16. The highest BCUT2D eigenvalue weighted by Crippen LogP contribution is 2.36. The third-order valence-electron chi connectivity index (χ3n) is 1.84. The summed E-state index contributed by atoms with van der Waals surface area (Å²) in [4.78, 5) is 0. The molecule has 2 rings (SSSR count). The van der Waals surface area contributed by atoms with Crippen LogP contribution in [0.5, 0.6) is 5.75 Å². The monoisotopic (exact) mass is 262 g/mol. The van der Waals surface area contributed by atoms with Crippen molar-refractivity contribution in [3.63, 3.8) is 0 Å². The summed E-state index contributed by atoms with van der Waals surface area (Å²) in [7, 11) is 0. The smallest absolute Gasteiger partial charge is 0.197 e. The number of hydrogen-bond donors (Lipinski definition) is 0. The fourth-order valence-electron chi connectivity index (χ4n) is 1.26. The Kier molecular flexibility index (Phi) is 2.49. The molecule has 0 bridgehead atoms. The molecule has 1 aliphatic rings. The molecule has 1 atom stereocenters. The van der Waals surface area contributed by atoms with E-state index in [0.717, 1.165) is 15.8 Å². The molecular formula is C9H8BrClO2. The number of halogens is 2. The van der Waals surface area contributed by atoms with Crippen molar-refractivity contribution in [1.29, 1.82) is 0 Å². The Morgan fingerprint density at radius 2 is 2.31 bits per heavy atom. The highest BCUT2D eigenvalue weighted by Gasteiger charge is 2.19. The van der Waals surface area contributed by atoms with Crippen molar-refractivity contribution < 1.29 is 9.47 Å². The first-order valence-corrected chi connectivity index (χ1v) is 5.10. The predicted octanol–water partition coefficient (Wildman–Crippen LogP) is 3.36. The summed E-state index contributed by atoms with van der Waals surface area (Å²) in [6.45, 7) is 2.42. The largest absolute Gasteiger partial charge is 0.464 e. The molecule has 2 nitrogen and oxygen atoms in total. The van der Waals surface area contributed by atoms with Gasteiger partial charge in [0, 0.05) is 10.6 Å². The van der Waals surface area contributed by atoms with Gasteiger partial charge in [-0.2, -0.15) is 0 Å². The SMILES string of the molecule is CC1OCc2cc(Cl)cc(Br)c2O1. The van der Waals surface area contributed by atoms with E-state index in [-0.39, 0.29) is 6.29 Å². The average Bonchev–Trinajstić information content (AvgIpc) is 2.06. The van der Waals surface area contributed by atoms with E-state index in [0.29, 0.717) is 11.6 Å². The van der Waals surface area contributed by atoms with Gasteiger partial charge in [0.2, 0.25) is 0 Å². The zero-order chi connectivity index (χ0) is 9.42. The first kappa shape index (κ1) is 9.31. The second kappa shape index (κ2) is 3.48. The van der Waals surface area contributed by atoms with E-state index in [9.17, 15) is 0 Å². The van der Waals surface area contributed by atoms with Gasteiger partial charge in [0.1, 0.15) is 5.75 Å². The maximum absolute atomic E-state index is 5.88. The van der Waals surface area contributed by atoms with Crippen molar-refractivity contribution in [3.05, 3.63) is 27.2 Å². The van der Waals surface area contributed by atoms with E-state index in [2.05, 4.69) is 15.9 Å². The summed E-state index contributed by atoms with van der Waals surface area (Å²) in [6, 6.07) is 3.67. The minimum absolute atomic E-state index is 0.190. The molecule has 0 amide bonds. The Morgan fingerprint density at radius 1 is 1.54 bits per heavy atom. The molecule has 0 saturated carbocycles. The van der Waals surface area contributed by atoms with Gasteiger partial charge in [-0.1, -0.05) is 11.6 Å². The van der Waals surface area contributed by atoms with Gasteiger partial charge in [0.05, 0.1) is 11.1 Å². The number of rotatable bonds is 0. The summed E-state index contributed by atoms with van der Waals surface area (Å²) < 4.78 is 11.7. The van der Waals surface area contributed by atoms with Crippen molar-refractivity contribution in [2.45, 2.75) is 19.8 Å². The number of hydrogen-bond acceptors (Lipinski definition) is 2. The van der Waals surface area contributed by atoms with Gasteiger partial charge in [-0.05, 0) is 35.0 Å². The molecule has 1 aliphatic heterocycles. The van der Waals surface area contributed by atoms with Gasteiger partial charge < -0.3 is 9.47 Å². The Morgan fingerprint density at radius 3 is 3.08 bits per heavy atom. The molecule has 1 unspecified atom stereocenters. The number of fused-ring (bicyclic) bond motifs is 1. The van der Waals surface area contributed by atoms with Crippen LogP contribution in [0.4, 0.5) is 0 Å². The first-order valence-electron chi connectivity index (χ1n) is 3.93. The van der Waals surface area contributed by atoms with E-state index in [1.165, 1.54) is 0 Å². The van der Waals surface area contributed by atoms with Crippen LogP contribution >= 0.6 is 27.5 Å². The Bertz CT molecular complexity index is 341. The standard InChI is InChI=1S/C9H8BrClO2/c1-5-12-4-6-2-7(11)3-8(10)9(6)13-5/h2-3,5H,4H2,1H3. The van der Waals surface area contributed by atoms with Crippen molar-refractivity contribution in [1.82, 2.24) is 0 Å². The van der Waals surface area contributed by atoms with E-state index in [1.54, 1.807) is 0 Å². The van der Waals surface area contributed by atoms with Crippen molar-refractivity contribution in [3.8, 4) is 5.75 Å². The molecule has 1 aromatic carbocycles. The van der Waals surface area contributed by atoms with Crippen LogP contribution in [-0.2, 0) is 11.3 Å². The average molecular weight is 264 g/mol. The molecule has 70 valence electrons. The maximum Gasteiger partial charge on any atom is 0.197 e. The van der Waals surface area contributed by atoms with E-state index >= 15 is 0 Å². The minimum atomic E-state index is -0.190. The molecular weight excluding hydrogens is 255 g/mol. The zero-order valence-corrected chi connectivity index (χ0v) is 9.35. The van der Waals surface area contributed by atoms with Crippen LogP contribution in [0.2, 0.25) is 5.02 Å². The number of benzene rings is 1. The lowest BCUT2D eigenvalue weighted by molar-refractivity contribution is -0.0948. The van der Waals surface area contributed by atoms with Crippen molar-refractivity contribution in [2.75, 3.05) is 0 Å². The van der Waals surface area contributed by atoms with Crippen molar-refractivity contribution >= 4 is 27.5 Å². The van der Waals surface area contributed by atoms with Crippen LogP contribution in [0, 0.1) is 0 Å². The lowest BCUT2D eigenvalue weighted by atomic mass is 10.2. The lowest BCUT2D eigenvalue weighted by Crippen LogP contribution is -2.22. The van der Waals surface area contributed by atoms with Gasteiger partial charge in [-0.3, -0.25) is 0 Å². The summed E-state index contributed by atoms with van der Waals surface area (Å²) in [6.07, 6.45) is -0.190. The molecule has 0 saturated heterocycles. The third-order valence-corrected chi connectivity index (χ3v) is 2.65. The Hall–Kier alpha value is -0.250. The normalized spacial score (nSPS) is 20.7. The maximum atomic E-state index is 5.88. The molecule has 13 heavy (non-hydrogen) atoms. The van der Waals surface area contributed by atoms with E-state index < -0.39 is 0 Å². The fraction of sp³-hybridized carbons (Fsp3) is 0.333. The van der Waals surface area contributed by atoms with E-state index in [4.69, 9.17) is 21.1 Å². The molecule has 0 spiro atoms. The second-order valence-electron chi connectivity index (χ2n) is 2.87. The Labute approximate surface area is 89.9 Å². The number of ether oxygens (including phenoxy) is 2. The molecule has 1 heterocycles. The topological polar surface area (TPSA) is 18.5 Å². The van der Waals surface area contributed by atoms with Crippen molar-refractivity contribution in [2.24, 2.45) is 0 Å². The molecule has 0 fully saturated rings.